The van der Waals surface area contributed by atoms with E-state index in [-0.39, 0.29) is 23.2 Å². The highest BCUT2D eigenvalue weighted by molar-refractivity contribution is 7.90. The number of nitrogens with one attached hydrogen (secondary N) is 1. The van der Waals surface area contributed by atoms with Gasteiger partial charge in [-0.05, 0) is 116 Å². The molecule has 0 aromatic heterocycles. The second-order valence-electron chi connectivity index (χ2n) is 13.7. The van der Waals surface area contributed by atoms with Crippen molar-refractivity contribution in [3.05, 3.63) is 70.3 Å². The molecule has 0 radical (unpaired) electrons. The molecule has 2 aliphatic heterocycles. The van der Waals surface area contributed by atoms with Crippen molar-refractivity contribution in [1.82, 2.24) is 4.72 Å². The van der Waals surface area contributed by atoms with E-state index in [0.717, 1.165) is 62.2 Å². The fourth-order valence-corrected chi connectivity index (χ4v) is 10.4. The van der Waals surface area contributed by atoms with Crippen LogP contribution in [-0.4, -0.2) is 50.5 Å². The van der Waals surface area contributed by atoms with Gasteiger partial charge in [0.05, 0.1) is 23.6 Å². The van der Waals surface area contributed by atoms with Crippen LogP contribution in [0.3, 0.4) is 0 Å². The summed E-state index contributed by atoms with van der Waals surface area (Å²) in [6.07, 6.45) is 10.4. The molecule has 1 spiro atoms. The molecular formula is C34H41ClN2O5S. The molecule has 2 saturated carbocycles. The molecule has 2 aromatic carbocycles. The number of aliphatic hydroxyl groups is 1. The van der Waals surface area contributed by atoms with E-state index in [2.05, 4.69) is 21.8 Å². The number of amides is 1. The maximum Gasteiger partial charge on any atom is 0.264 e. The summed E-state index contributed by atoms with van der Waals surface area (Å²) in [5.74, 6) is 0.393. The molecule has 2 N–H and O–H groups in total. The number of fused-ring (bicyclic) bond motifs is 4. The Labute approximate surface area is 259 Å². The van der Waals surface area contributed by atoms with E-state index in [9.17, 15) is 18.3 Å². The Bertz CT molecular complexity index is 1560. The predicted molar refractivity (Wildman–Crippen MR) is 168 cm³/mol. The van der Waals surface area contributed by atoms with Crippen LogP contribution in [0.2, 0.25) is 5.02 Å². The number of benzene rings is 2. The summed E-state index contributed by atoms with van der Waals surface area (Å²) in [5, 5.41) is 11.3. The van der Waals surface area contributed by atoms with E-state index >= 15 is 0 Å². The van der Waals surface area contributed by atoms with Crippen molar-refractivity contribution in [2.75, 3.05) is 24.6 Å². The summed E-state index contributed by atoms with van der Waals surface area (Å²) in [6.45, 7) is 3.86. The quantitative estimate of drug-likeness (QED) is 0.399. The first kappa shape index (κ1) is 29.2. The number of hydrogen-bond donors (Lipinski definition) is 2. The summed E-state index contributed by atoms with van der Waals surface area (Å²) in [5.41, 5.74) is 3.38. The summed E-state index contributed by atoms with van der Waals surface area (Å²) < 4.78 is 36.2. The molecule has 5 aliphatic rings. The van der Waals surface area contributed by atoms with Crippen molar-refractivity contribution in [2.24, 2.45) is 23.7 Å². The third-order valence-electron chi connectivity index (χ3n) is 10.8. The number of nitrogens with zero attached hydrogens (tertiary/aromatic N) is 1. The number of allylic oxidation sites excluding steroid dienone is 1. The van der Waals surface area contributed by atoms with E-state index in [1.807, 2.05) is 31.2 Å². The van der Waals surface area contributed by atoms with Crippen molar-refractivity contribution >= 4 is 33.2 Å². The van der Waals surface area contributed by atoms with Crippen LogP contribution in [0.4, 0.5) is 5.69 Å². The normalized spacial score (nSPS) is 34.5. The largest absolute Gasteiger partial charge is 0.490 e. The minimum Gasteiger partial charge on any atom is -0.490 e. The fraction of sp³-hybridized carbons (Fsp3) is 0.559. The van der Waals surface area contributed by atoms with E-state index in [1.54, 1.807) is 12.1 Å². The van der Waals surface area contributed by atoms with Crippen molar-refractivity contribution in [2.45, 2.75) is 75.1 Å². The molecule has 2 aromatic rings. The number of carbonyl (C=O) groups excluding carboxylic acids is 1. The van der Waals surface area contributed by atoms with E-state index in [4.69, 9.17) is 16.3 Å². The topological polar surface area (TPSA) is 95.9 Å². The van der Waals surface area contributed by atoms with Gasteiger partial charge in [-0.3, -0.25) is 4.79 Å². The number of ether oxygens (including phenoxy) is 1. The Hall–Kier alpha value is -2.55. The molecule has 3 aliphatic carbocycles. The van der Waals surface area contributed by atoms with Crippen LogP contribution in [0.5, 0.6) is 5.75 Å². The second-order valence-corrected chi connectivity index (χ2v) is 16.0. The molecule has 9 heteroatoms. The molecule has 2 fully saturated rings. The minimum atomic E-state index is -3.91. The van der Waals surface area contributed by atoms with Gasteiger partial charge in [-0.2, -0.15) is 0 Å². The summed E-state index contributed by atoms with van der Waals surface area (Å²) in [4.78, 5) is 15.9. The zero-order valence-corrected chi connectivity index (χ0v) is 26.2. The van der Waals surface area contributed by atoms with Gasteiger partial charge >= 0.3 is 0 Å². The van der Waals surface area contributed by atoms with Gasteiger partial charge in [0.25, 0.3) is 5.91 Å². The Kier molecular flexibility index (Phi) is 7.54. The maximum absolute atomic E-state index is 13.6. The first-order valence-corrected chi connectivity index (χ1v) is 17.8. The van der Waals surface area contributed by atoms with Crippen LogP contribution >= 0.6 is 11.6 Å². The maximum atomic E-state index is 13.6. The van der Waals surface area contributed by atoms with Gasteiger partial charge in [-0.15, -0.1) is 0 Å². The average Bonchev–Trinajstić information content (AvgIpc) is 3.78. The molecule has 7 rings (SSSR count). The fourth-order valence-electron chi connectivity index (χ4n) is 8.22. The Morgan fingerprint density at radius 2 is 1.91 bits per heavy atom. The predicted octanol–water partition coefficient (Wildman–Crippen LogP) is 5.63. The number of aliphatic hydroxyl groups excluding tert-OH is 1. The number of aryl methyl sites for hydroxylation is 1. The zero-order valence-electron chi connectivity index (χ0n) is 24.7. The van der Waals surface area contributed by atoms with Crippen LogP contribution in [0.1, 0.15) is 73.4 Å². The van der Waals surface area contributed by atoms with E-state index in [0.29, 0.717) is 36.8 Å². The zero-order chi connectivity index (χ0) is 29.9. The lowest BCUT2D eigenvalue weighted by Gasteiger charge is -2.45. The molecular weight excluding hydrogens is 584 g/mol. The Morgan fingerprint density at radius 3 is 2.67 bits per heavy atom. The van der Waals surface area contributed by atoms with Gasteiger partial charge in [0.15, 0.2) is 0 Å². The smallest absolute Gasteiger partial charge is 0.264 e. The SMILES string of the molecule is C[C@@H]1C/C=C\[C@H](O)[C@@H]2CC[C@H]2CN2C[C@@]3(CCCc4cc(Cl)ccc43)COc3ccc(cc32)C(=O)NS(=O)(=O)[C@H]1C1CC1. The lowest BCUT2D eigenvalue weighted by molar-refractivity contribution is 0.0455. The van der Waals surface area contributed by atoms with Crippen LogP contribution in [-0.2, 0) is 21.9 Å². The lowest BCUT2D eigenvalue weighted by Crippen LogP contribution is -2.49. The molecule has 230 valence electrons. The number of hydrogen-bond acceptors (Lipinski definition) is 6. The third-order valence-corrected chi connectivity index (χ3v) is 13.0. The van der Waals surface area contributed by atoms with E-state index in [1.165, 1.54) is 11.1 Å². The van der Waals surface area contributed by atoms with Gasteiger partial charge in [0.2, 0.25) is 10.0 Å². The first-order chi connectivity index (χ1) is 20.6. The first-order valence-electron chi connectivity index (χ1n) is 15.8. The molecule has 0 saturated heterocycles. The van der Waals surface area contributed by atoms with Gasteiger partial charge in [0.1, 0.15) is 5.75 Å². The van der Waals surface area contributed by atoms with Gasteiger partial charge in [-0.25, -0.2) is 13.1 Å². The van der Waals surface area contributed by atoms with Gasteiger partial charge in [-0.1, -0.05) is 36.7 Å². The lowest BCUT2D eigenvalue weighted by atomic mass is 9.68. The number of carbonyl (C=O) groups is 1. The summed E-state index contributed by atoms with van der Waals surface area (Å²) in [6, 6.07) is 11.5. The monoisotopic (exact) mass is 624 g/mol. The van der Waals surface area contributed by atoms with Gasteiger partial charge < -0.3 is 14.7 Å². The Morgan fingerprint density at radius 1 is 1.09 bits per heavy atom. The van der Waals surface area contributed by atoms with E-state index < -0.39 is 27.3 Å². The standard InChI is InChI=1S/C34H41ClN2O5S/c1-21-4-2-6-30(38)27-12-9-25(27)18-37-19-34(15-3-5-23-16-26(35)11-13-28(23)34)20-42-31-14-10-24(17-29(31)37)33(39)36-43(40,41)32(21)22-7-8-22/h2,6,10-11,13-14,16-17,21-22,25,27,30,32,38H,3-5,7-9,12,15,18-20H2,1H3,(H,36,39)/b6-2-/t21-,25+,27-,30+,32-,34+/m1/s1. The molecule has 1 amide bonds. The molecule has 0 unspecified atom stereocenters. The molecule has 2 heterocycles. The highest BCUT2D eigenvalue weighted by atomic mass is 35.5. The Balaban J connectivity index is 1.29. The molecule has 6 atom stereocenters. The van der Waals surface area contributed by atoms with Gasteiger partial charge in [0, 0.05) is 29.1 Å². The second kappa shape index (κ2) is 11.1. The summed E-state index contributed by atoms with van der Waals surface area (Å²) >= 11 is 6.40. The third kappa shape index (κ3) is 5.48. The highest BCUT2D eigenvalue weighted by Crippen LogP contribution is 2.47. The molecule has 7 nitrogen and oxygen atoms in total. The molecule has 43 heavy (non-hydrogen) atoms. The number of rotatable bonds is 1. The molecule has 2 bridgehead atoms. The van der Waals surface area contributed by atoms with Crippen molar-refractivity contribution in [3.63, 3.8) is 0 Å². The number of anilines is 1. The number of sulfonamides is 1. The minimum absolute atomic E-state index is 0.0499. The van der Waals surface area contributed by atoms with Crippen LogP contribution in [0.25, 0.3) is 0 Å². The van der Waals surface area contributed by atoms with Crippen molar-refractivity contribution in [1.29, 1.82) is 0 Å². The number of halogens is 1. The van der Waals surface area contributed by atoms with Crippen molar-refractivity contribution in [3.8, 4) is 5.75 Å². The van der Waals surface area contributed by atoms with Crippen LogP contribution in [0.15, 0.2) is 48.6 Å². The van der Waals surface area contributed by atoms with Crippen LogP contribution < -0.4 is 14.4 Å². The summed E-state index contributed by atoms with van der Waals surface area (Å²) in [7, 11) is -3.91. The average molecular weight is 625 g/mol. The highest BCUT2D eigenvalue weighted by Gasteiger charge is 2.46. The van der Waals surface area contributed by atoms with Crippen molar-refractivity contribution < 1.29 is 23.1 Å². The van der Waals surface area contributed by atoms with Crippen LogP contribution in [0, 0.1) is 23.7 Å².